The van der Waals surface area contributed by atoms with E-state index in [2.05, 4.69) is 4.90 Å². The van der Waals surface area contributed by atoms with Crippen molar-refractivity contribution in [1.29, 1.82) is 0 Å². The fourth-order valence-electron chi connectivity index (χ4n) is 4.24. The number of aryl methyl sites for hydroxylation is 1. The SMILES string of the molecule is CC(=O)c1cc(CN2C[C@@H]3c4ccccc4OC[C@]3(C(=O)O)C2)n(C)c1. The Kier molecular flexibility index (Phi) is 3.88. The Balaban J connectivity index is 1.64. The molecule has 6 heteroatoms. The summed E-state index contributed by atoms with van der Waals surface area (Å²) >= 11 is 0. The van der Waals surface area contributed by atoms with Crippen molar-refractivity contribution in [3.8, 4) is 5.75 Å². The molecule has 0 spiro atoms. The fraction of sp³-hybridized carbons (Fsp3) is 0.400. The summed E-state index contributed by atoms with van der Waals surface area (Å²) in [5, 5.41) is 9.98. The molecule has 2 aromatic rings. The molecule has 0 bridgehead atoms. The molecule has 1 saturated heterocycles. The second-order valence-corrected chi connectivity index (χ2v) is 7.40. The Morgan fingerprint density at radius 1 is 1.35 bits per heavy atom. The summed E-state index contributed by atoms with van der Waals surface area (Å²) in [6, 6.07) is 9.60. The second kappa shape index (κ2) is 5.99. The standard InChI is InChI=1S/C20H22N2O4/c1-13(23)14-7-15(21(2)8-14)9-22-10-17-16-5-3-4-6-18(16)26-12-20(17,11-22)19(24)25/h3-8,17H,9-12H2,1-2H3,(H,24,25)/t17-,20-/m1/s1. The van der Waals surface area contributed by atoms with Gasteiger partial charge in [0.2, 0.25) is 0 Å². The van der Waals surface area contributed by atoms with Gasteiger partial charge in [0, 0.05) is 50.1 Å². The van der Waals surface area contributed by atoms with Gasteiger partial charge in [0.1, 0.15) is 17.8 Å². The van der Waals surface area contributed by atoms with Crippen LogP contribution in [-0.2, 0) is 18.4 Å². The highest BCUT2D eigenvalue weighted by molar-refractivity contribution is 5.94. The van der Waals surface area contributed by atoms with Crippen LogP contribution in [0.25, 0.3) is 0 Å². The van der Waals surface area contributed by atoms with E-state index in [0.717, 1.165) is 17.0 Å². The lowest BCUT2D eigenvalue weighted by Crippen LogP contribution is -2.45. The van der Waals surface area contributed by atoms with E-state index in [1.54, 1.807) is 6.92 Å². The number of carboxylic acids is 1. The van der Waals surface area contributed by atoms with Gasteiger partial charge in [-0.05, 0) is 24.6 Å². The highest BCUT2D eigenvalue weighted by Crippen LogP contribution is 2.49. The van der Waals surface area contributed by atoms with E-state index in [9.17, 15) is 14.7 Å². The quantitative estimate of drug-likeness (QED) is 0.853. The molecule has 2 aliphatic rings. The van der Waals surface area contributed by atoms with Crippen LogP contribution in [0.5, 0.6) is 5.75 Å². The first kappa shape index (κ1) is 16.8. The number of likely N-dealkylation sites (tertiary alicyclic amines) is 1. The lowest BCUT2D eigenvalue weighted by Gasteiger charge is -2.35. The molecule has 1 aromatic carbocycles. The molecule has 136 valence electrons. The number of benzene rings is 1. The van der Waals surface area contributed by atoms with E-state index in [1.165, 1.54) is 0 Å². The molecule has 1 fully saturated rings. The Hall–Kier alpha value is -2.60. The van der Waals surface area contributed by atoms with Crippen LogP contribution >= 0.6 is 0 Å². The monoisotopic (exact) mass is 354 g/mol. The van der Waals surface area contributed by atoms with E-state index in [0.29, 0.717) is 25.2 Å². The number of ketones is 1. The number of fused-ring (bicyclic) bond motifs is 3. The Labute approximate surface area is 152 Å². The summed E-state index contributed by atoms with van der Waals surface area (Å²) in [5.74, 6) is -0.0893. The van der Waals surface area contributed by atoms with Gasteiger partial charge >= 0.3 is 5.97 Å². The van der Waals surface area contributed by atoms with Gasteiger partial charge in [-0.15, -0.1) is 0 Å². The molecule has 0 unspecified atom stereocenters. The van der Waals surface area contributed by atoms with E-state index in [1.807, 2.05) is 48.1 Å². The number of carbonyl (C=O) groups excluding carboxylic acids is 1. The van der Waals surface area contributed by atoms with Crippen molar-refractivity contribution >= 4 is 11.8 Å². The second-order valence-electron chi connectivity index (χ2n) is 7.40. The predicted molar refractivity (Wildman–Crippen MR) is 95.4 cm³/mol. The van der Waals surface area contributed by atoms with E-state index in [-0.39, 0.29) is 18.3 Å². The van der Waals surface area contributed by atoms with Gasteiger partial charge in [0.05, 0.1) is 0 Å². The van der Waals surface area contributed by atoms with Gasteiger partial charge in [0.25, 0.3) is 0 Å². The van der Waals surface area contributed by atoms with Gasteiger partial charge in [0.15, 0.2) is 5.78 Å². The number of nitrogens with zero attached hydrogens (tertiary/aromatic N) is 2. The van der Waals surface area contributed by atoms with Crippen molar-refractivity contribution in [2.45, 2.75) is 19.4 Å². The molecule has 0 saturated carbocycles. The minimum atomic E-state index is -0.928. The molecule has 1 N–H and O–H groups in total. The molecular formula is C20H22N2O4. The van der Waals surface area contributed by atoms with Crippen molar-refractivity contribution < 1.29 is 19.4 Å². The van der Waals surface area contributed by atoms with Crippen LogP contribution in [0.1, 0.15) is 34.5 Å². The third-order valence-corrected chi connectivity index (χ3v) is 5.72. The Morgan fingerprint density at radius 3 is 2.81 bits per heavy atom. The summed E-state index contributed by atoms with van der Waals surface area (Å²) in [4.78, 5) is 25.9. The van der Waals surface area contributed by atoms with Crippen molar-refractivity contribution in [2.24, 2.45) is 12.5 Å². The highest BCUT2D eigenvalue weighted by atomic mass is 16.5. The van der Waals surface area contributed by atoms with Crippen LogP contribution in [0, 0.1) is 5.41 Å². The number of hydrogen-bond acceptors (Lipinski definition) is 4. The zero-order chi connectivity index (χ0) is 18.5. The zero-order valence-electron chi connectivity index (χ0n) is 14.9. The summed E-state index contributed by atoms with van der Waals surface area (Å²) in [5.41, 5.74) is 1.73. The van der Waals surface area contributed by atoms with Gasteiger partial charge < -0.3 is 14.4 Å². The van der Waals surface area contributed by atoms with Crippen molar-refractivity contribution in [2.75, 3.05) is 19.7 Å². The predicted octanol–water partition coefficient (Wildman–Crippen LogP) is 2.29. The molecule has 3 heterocycles. The molecule has 1 aromatic heterocycles. The lowest BCUT2D eigenvalue weighted by atomic mass is 9.73. The topological polar surface area (TPSA) is 71.8 Å². The van der Waals surface area contributed by atoms with Crippen LogP contribution in [0.4, 0.5) is 0 Å². The van der Waals surface area contributed by atoms with Crippen LogP contribution < -0.4 is 4.74 Å². The number of hydrogen-bond donors (Lipinski definition) is 1. The van der Waals surface area contributed by atoms with Crippen LogP contribution in [0.15, 0.2) is 36.5 Å². The smallest absolute Gasteiger partial charge is 0.315 e. The van der Waals surface area contributed by atoms with Gasteiger partial charge in [-0.1, -0.05) is 18.2 Å². The van der Waals surface area contributed by atoms with E-state index < -0.39 is 11.4 Å². The summed E-state index contributed by atoms with van der Waals surface area (Å²) in [6.45, 7) is 3.44. The van der Waals surface area contributed by atoms with Crippen molar-refractivity contribution in [3.05, 3.63) is 53.3 Å². The molecular weight excluding hydrogens is 332 g/mol. The normalized spacial score (nSPS) is 24.6. The number of carbonyl (C=O) groups is 2. The van der Waals surface area contributed by atoms with Crippen molar-refractivity contribution in [1.82, 2.24) is 9.47 Å². The average Bonchev–Trinajstić information content (AvgIpc) is 3.17. The maximum absolute atomic E-state index is 12.2. The molecule has 6 nitrogen and oxygen atoms in total. The third-order valence-electron chi connectivity index (χ3n) is 5.72. The highest BCUT2D eigenvalue weighted by Gasteiger charge is 2.56. The number of Topliss-reactive ketones (excluding diaryl/α,β-unsaturated/α-hetero) is 1. The van der Waals surface area contributed by atoms with E-state index >= 15 is 0 Å². The first-order valence-electron chi connectivity index (χ1n) is 8.74. The Morgan fingerprint density at radius 2 is 2.12 bits per heavy atom. The number of ether oxygens (including phenoxy) is 1. The largest absolute Gasteiger partial charge is 0.492 e. The summed E-state index contributed by atoms with van der Waals surface area (Å²) in [7, 11) is 1.91. The lowest BCUT2D eigenvalue weighted by molar-refractivity contribution is -0.151. The summed E-state index contributed by atoms with van der Waals surface area (Å²) in [6.07, 6.45) is 1.83. The van der Waals surface area contributed by atoms with Gasteiger partial charge in [-0.25, -0.2) is 0 Å². The molecule has 0 radical (unpaired) electrons. The number of aromatic nitrogens is 1. The van der Waals surface area contributed by atoms with Crippen LogP contribution in [-0.4, -0.2) is 46.0 Å². The number of rotatable bonds is 4. The third kappa shape index (κ3) is 2.52. The minimum absolute atomic E-state index is 0.0336. The first-order chi connectivity index (χ1) is 12.4. The van der Waals surface area contributed by atoms with E-state index in [4.69, 9.17) is 4.74 Å². The number of para-hydroxylation sites is 1. The fourth-order valence-corrected chi connectivity index (χ4v) is 4.24. The zero-order valence-corrected chi connectivity index (χ0v) is 14.9. The average molecular weight is 354 g/mol. The number of aliphatic carboxylic acids is 1. The minimum Gasteiger partial charge on any atom is -0.492 e. The van der Waals surface area contributed by atoms with Gasteiger partial charge in [-0.2, -0.15) is 0 Å². The molecule has 4 rings (SSSR count). The molecule has 0 aliphatic carbocycles. The Bertz CT molecular complexity index is 888. The molecule has 26 heavy (non-hydrogen) atoms. The maximum Gasteiger partial charge on any atom is 0.315 e. The number of carboxylic acid groups (broad SMARTS) is 1. The molecule has 2 atom stereocenters. The van der Waals surface area contributed by atoms with Crippen molar-refractivity contribution in [3.63, 3.8) is 0 Å². The van der Waals surface area contributed by atoms with Crippen LogP contribution in [0.2, 0.25) is 0 Å². The van der Waals surface area contributed by atoms with Crippen LogP contribution in [0.3, 0.4) is 0 Å². The maximum atomic E-state index is 12.2. The summed E-state index contributed by atoms with van der Waals surface area (Å²) < 4.78 is 7.74. The van der Waals surface area contributed by atoms with Gasteiger partial charge in [-0.3, -0.25) is 14.5 Å². The molecule has 2 aliphatic heterocycles. The first-order valence-corrected chi connectivity index (χ1v) is 8.74. The molecule has 0 amide bonds.